The van der Waals surface area contributed by atoms with E-state index in [0.29, 0.717) is 38.8 Å². The minimum atomic E-state index is -0.144. The van der Waals surface area contributed by atoms with Crippen molar-refractivity contribution >= 4 is 24.6 Å². The summed E-state index contributed by atoms with van der Waals surface area (Å²) in [6, 6.07) is 0.199. The van der Waals surface area contributed by atoms with Crippen LogP contribution in [-0.2, 0) is 14.3 Å². The highest BCUT2D eigenvalue weighted by Gasteiger charge is 2.40. The van der Waals surface area contributed by atoms with Crippen LogP contribution in [0.2, 0.25) is 0 Å². The first-order chi connectivity index (χ1) is 13.8. The minimum absolute atomic E-state index is 0.0117. The number of allylic oxidation sites excluding steroid dienone is 1. The van der Waals surface area contributed by atoms with Crippen LogP contribution in [0.4, 0.5) is 0 Å². The number of carbonyl (C=O) groups excluding carboxylic acids is 2. The molecule has 1 fully saturated rings. The second-order valence-corrected chi connectivity index (χ2v) is 8.12. The van der Waals surface area contributed by atoms with Crippen molar-refractivity contribution in [2.24, 2.45) is 0 Å². The van der Waals surface area contributed by atoms with Crippen molar-refractivity contribution < 1.29 is 14.3 Å². The van der Waals surface area contributed by atoms with Gasteiger partial charge >= 0.3 is 0 Å². The first kappa shape index (κ1) is 25.8. The SMILES string of the molecule is CCCC/C=C1\C(N(S)C(=O)CC)CC(COCC)N1CC(=O)NCNC(C)C. The van der Waals surface area contributed by atoms with E-state index >= 15 is 0 Å². The maximum absolute atomic E-state index is 12.6. The Bertz CT molecular complexity index is 542. The van der Waals surface area contributed by atoms with Gasteiger partial charge in [-0.1, -0.05) is 45.6 Å². The molecule has 0 aromatic heterocycles. The number of hydrogen-bond acceptors (Lipinski definition) is 6. The molecule has 2 unspecified atom stereocenters. The van der Waals surface area contributed by atoms with Gasteiger partial charge in [0.1, 0.15) is 0 Å². The standard InChI is InChI=1S/C21H40N4O3S/c1-6-9-10-11-18-19(25(29)21(27)7-2)12-17(14-28-8-3)24(18)13-20(26)23-15-22-16(4)5/h11,16-17,19,22,29H,6-10,12-15H2,1-5H3,(H,23,26)/b18-11+. The van der Waals surface area contributed by atoms with Crippen molar-refractivity contribution in [1.82, 2.24) is 19.8 Å². The molecule has 1 rings (SSSR count). The first-order valence-corrected chi connectivity index (χ1v) is 11.3. The lowest BCUT2D eigenvalue weighted by Gasteiger charge is -2.29. The van der Waals surface area contributed by atoms with E-state index < -0.39 is 0 Å². The molecule has 0 spiro atoms. The van der Waals surface area contributed by atoms with Gasteiger partial charge in [-0.3, -0.25) is 19.2 Å². The quantitative estimate of drug-likeness (QED) is 0.239. The first-order valence-electron chi connectivity index (χ1n) is 10.9. The number of amides is 2. The maximum Gasteiger partial charge on any atom is 0.240 e. The molecule has 2 N–H and O–H groups in total. The molecule has 2 atom stereocenters. The summed E-state index contributed by atoms with van der Waals surface area (Å²) in [4.78, 5) is 27.0. The number of rotatable bonds is 13. The summed E-state index contributed by atoms with van der Waals surface area (Å²) in [7, 11) is 0. The molecule has 1 aliphatic heterocycles. The Hall–Kier alpha value is -1.25. The van der Waals surface area contributed by atoms with Gasteiger partial charge in [0.2, 0.25) is 11.8 Å². The normalized spacial score (nSPS) is 20.5. The van der Waals surface area contributed by atoms with Crippen LogP contribution < -0.4 is 10.6 Å². The van der Waals surface area contributed by atoms with E-state index in [1.807, 2.05) is 27.7 Å². The van der Waals surface area contributed by atoms with Gasteiger partial charge in [0.15, 0.2) is 0 Å². The monoisotopic (exact) mass is 428 g/mol. The second kappa shape index (κ2) is 13.9. The van der Waals surface area contributed by atoms with Crippen molar-refractivity contribution in [3.8, 4) is 0 Å². The molecular weight excluding hydrogens is 388 g/mol. The molecule has 0 bridgehead atoms. The van der Waals surface area contributed by atoms with Gasteiger partial charge in [0, 0.05) is 24.8 Å². The van der Waals surface area contributed by atoms with E-state index in [4.69, 9.17) is 4.74 Å². The highest BCUT2D eigenvalue weighted by atomic mass is 32.1. The van der Waals surface area contributed by atoms with Gasteiger partial charge in [-0.2, -0.15) is 0 Å². The summed E-state index contributed by atoms with van der Waals surface area (Å²) < 4.78 is 7.23. The number of nitrogens with one attached hydrogen (secondary N) is 2. The smallest absolute Gasteiger partial charge is 0.240 e. The van der Waals surface area contributed by atoms with Crippen LogP contribution in [0.1, 0.15) is 66.7 Å². The van der Waals surface area contributed by atoms with Crippen LogP contribution >= 0.6 is 12.8 Å². The topological polar surface area (TPSA) is 73.9 Å². The fourth-order valence-corrected chi connectivity index (χ4v) is 3.73. The molecule has 0 aliphatic carbocycles. The molecule has 0 radical (unpaired) electrons. The Morgan fingerprint density at radius 3 is 2.66 bits per heavy atom. The highest BCUT2D eigenvalue weighted by Crippen LogP contribution is 2.33. The zero-order valence-electron chi connectivity index (χ0n) is 18.7. The van der Waals surface area contributed by atoms with E-state index in [1.165, 1.54) is 4.31 Å². The molecule has 2 amide bonds. The van der Waals surface area contributed by atoms with Crippen molar-refractivity contribution in [2.45, 2.75) is 84.8 Å². The van der Waals surface area contributed by atoms with Gasteiger partial charge in [0.05, 0.1) is 31.9 Å². The number of unbranched alkanes of at least 4 members (excludes halogenated alkanes) is 2. The molecule has 1 saturated heterocycles. The highest BCUT2D eigenvalue weighted by molar-refractivity contribution is 7.78. The summed E-state index contributed by atoms with van der Waals surface area (Å²) in [5.74, 6) is -0.0588. The Balaban J connectivity index is 3.01. The molecule has 168 valence electrons. The second-order valence-electron chi connectivity index (χ2n) is 7.69. The van der Waals surface area contributed by atoms with Crippen LogP contribution in [0.3, 0.4) is 0 Å². The van der Waals surface area contributed by atoms with Crippen molar-refractivity contribution in [3.63, 3.8) is 0 Å². The van der Waals surface area contributed by atoms with Crippen LogP contribution in [0.15, 0.2) is 11.8 Å². The number of nitrogens with zero attached hydrogens (tertiary/aromatic N) is 2. The van der Waals surface area contributed by atoms with E-state index in [0.717, 1.165) is 25.0 Å². The molecule has 0 aromatic carbocycles. The van der Waals surface area contributed by atoms with Crippen molar-refractivity contribution in [2.75, 3.05) is 26.4 Å². The number of hydrogen-bond donors (Lipinski definition) is 3. The van der Waals surface area contributed by atoms with Gasteiger partial charge in [-0.05, 0) is 33.6 Å². The molecular formula is C21H40N4O3S. The van der Waals surface area contributed by atoms with Gasteiger partial charge < -0.3 is 15.0 Å². The zero-order valence-corrected chi connectivity index (χ0v) is 19.6. The molecule has 7 nitrogen and oxygen atoms in total. The van der Waals surface area contributed by atoms with E-state index in [-0.39, 0.29) is 30.4 Å². The molecule has 29 heavy (non-hydrogen) atoms. The molecule has 1 aliphatic rings. The average Bonchev–Trinajstić information content (AvgIpc) is 3.02. The van der Waals surface area contributed by atoms with Crippen molar-refractivity contribution in [3.05, 3.63) is 11.8 Å². The third-order valence-corrected chi connectivity index (χ3v) is 5.50. The predicted octanol–water partition coefficient (Wildman–Crippen LogP) is 2.70. The minimum Gasteiger partial charge on any atom is -0.380 e. The predicted molar refractivity (Wildman–Crippen MR) is 120 cm³/mol. The number of ether oxygens (including phenoxy) is 1. The van der Waals surface area contributed by atoms with Gasteiger partial charge in [-0.25, -0.2) is 0 Å². The van der Waals surface area contributed by atoms with E-state index in [9.17, 15) is 9.59 Å². The molecule has 0 saturated carbocycles. The molecule has 0 aromatic rings. The van der Waals surface area contributed by atoms with E-state index in [1.54, 1.807) is 0 Å². The molecule has 1 heterocycles. The van der Waals surface area contributed by atoms with Crippen LogP contribution in [-0.4, -0.2) is 65.6 Å². The third kappa shape index (κ3) is 8.56. The number of carbonyl (C=O) groups is 2. The number of thiol groups is 1. The summed E-state index contributed by atoms with van der Waals surface area (Å²) in [6.07, 6.45) is 6.37. The third-order valence-electron chi connectivity index (χ3n) is 5.00. The number of likely N-dealkylation sites (tertiary alicyclic amines) is 1. The lowest BCUT2D eigenvalue weighted by atomic mass is 10.1. The molecule has 8 heteroatoms. The Labute approximate surface area is 182 Å². The van der Waals surface area contributed by atoms with Crippen molar-refractivity contribution in [1.29, 1.82) is 0 Å². The zero-order chi connectivity index (χ0) is 21.8. The van der Waals surface area contributed by atoms with Gasteiger partial charge in [-0.15, -0.1) is 0 Å². The van der Waals surface area contributed by atoms with Crippen LogP contribution in [0, 0.1) is 0 Å². The fraction of sp³-hybridized carbons (Fsp3) is 0.810. The maximum atomic E-state index is 12.6. The summed E-state index contributed by atoms with van der Waals surface area (Å²) in [6.45, 7) is 11.9. The summed E-state index contributed by atoms with van der Waals surface area (Å²) in [5.41, 5.74) is 1.01. The van der Waals surface area contributed by atoms with Crippen LogP contribution in [0.25, 0.3) is 0 Å². The Morgan fingerprint density at radius 1 is 1.34 bits per heavy atom. The lowest BCUT2D eigenvalue weighted by molar-refractivity contribution is -0.126. The summed E-state index contributed by atoms with van der Waals surface area (Å²) in [5, 5.41) is 6.12. The average molecular weight is 429 g/mol. The van der Waals surface area contributed by atoms with Crippen LogP contribution in [0.5, 0.6) is 0 Å². The van der Waals surface area contributed by atoms with E-state index in [2.05, 4.69) is 41.3 Å². The summed E-state index contributed by atoms with van der Waals surface area (Å²) >= 11 is 4.51. The van der Waals surface area contributed by atoms with Gasteiger partial charge in [0.25, 0.3) is 0 Å². The Morgan fingerprint density at radius 2 is 2.07 bits per heavy atom. The Kier molecular flexibility index (Phi) is 12.3. The fourth-order valence-electron chi connectivity index (χ4n) is 3.37. The largest absolute Gasteiger partial charge is 0.380 e. The lowest BCUT2D eigenvalue weighted by Crippen LogP contribution is -2.44.